The Labute approximate surface area is 96.0 Å². The van der Waals surface area contributed by atoms with Gasteiger partial charge in [0.1, 0.15) is 0 Å². The molecule has 0 fully saturated rings. The zero-order chi connectivity index (χ0) is 7.98. The summed E-state index contributed by atoms with van der Waals surface area (Å²) in [6.07, 6.45) is 0. The normalized spacial score (nSPS) is 13.2. The molecule has 0 saturated carbocycles. The van der Waals surface area contributed by atoms with E-state index in [0.29, 0.717) is 0 Å². The molecule has 0 aliphatic carbocycles. The van der Waals surface area contributed by atoms with E-state index in [2.05, 4.69) is 36.3 Å². The number of rotatable bonds is 5. The fourth-order valence-corrected chi connectivity index (χ4v) is 59.6. The van der Waals surface area contributed by atoms with Crippen molar-refractivity contribution in [2.24, 2.45) is 0 Å². The summed E-state index contributed by atoms with van der Waals surface area (Å²) < 4.78 is 0. The van der Waals surface area contributed by atoms with Crippen LogP contribution >= 0.6 is 85.6 Å². The first-order valence-corrected chi connectivity index (χ1v) is 22.6. The summed E-state index contributed by atoms with van der Waals surface area (Å²) in [5.41, 5.74) is 0. The van der Waals surface area contributed by atoms with Crippen LogP contribution in [-0.4, -0.2) is 5.75 Å². The summed E-state index contributed by atoms with van der Waals surface area (Å²) in [6.45, 7) is 2.17. The van der Waals surface area contributed by atoms with Crippen LogP contribution in [0, 0.1) is 0 Å². The molecule has 0 amide bonds. The third kappa shape index (κ3) is 9.65. The maximum absolute atomic E-state index is 4.50. The molecule has 0 aliphatic rings. The molecular formula is C2H8I2S6. The van der Waals surface area contributed by atoms with Crippen molar-refractivity contribution in [3.63, 3.8) is 0 Å². The van der Waals surface area contributed by atoms with E-state index in [-0.39, 0.29) is 0 Å². The Bertz CT molecular complexity index is 78.1. The van der Waals surface area contributed by atoms with Gasteiger partial charge in [0.15, 0.2) is 0 Å². The Balaban J connectivity index is 3.12. The molecule has 0 aromatic carbocycles. The second-order valence-electron chi connectivity index (χ2n) is 0.938. The molecule has 0 rings (SSSR count). The second-order valence-corrected chi connectivity index (χ2v) is 35.7. The molecule has 0 bridgehead atoms. The SMILES string of the molecule is CCSI(S)SSI(S)S. The molecule has 0 heterocycles. The molecule has 0 spiro atoms. The Morgan fingerprint density at radius 2 is 1.80 bits per heavy atom. The second kappa shape index (κ2) is 9.13. The van der Waals surface area contributed by atoms with Gasteiger partial charge in [0, 0.05) is 0 Å². The summed E-state index contributed by atoms with van der Waals surface area (Å²) in [5, 5.41) is 0. The van der Waals surface area contributed by atoms with Gasteiger partial charge in [0.05, 0.1) is 0 Å². The third-order valence-electron chi connectivity index (χ3n) is 0.336. The first-order valence-electron chi connectivity index (χ1n) is 2.13. The van der Waals surface area contributed by atoms with E-state index in [4.69, 9.17) is 0 Å². The van der Waals surface area contributed by atoms with E-state index < -0.39 is 31.3 Å². The van der Waals surface area contributed by atoms with Crippen LogP contribution in [-0.2, 0) is 0 Å². The average molecular weight is 478 g/mol. The van der Waals surface area contributed by atoms with Gasteiger partial charge in [-0.15, -0.1) is 0 Å². The van der Waals surface area contributed by atoms with Gasteiger partial charge in [-0.3, -0.25) is 0 Å². The molecule has 0 saturated heterocycles. The summed E-state index contributed by atoms with van der Waals surface area (Å²) in [5.74, 6) is 1.19. The molecule has 0 aliphatic heterocycles. The molecule has 0 N–H and O–H groups in total. The summed E-state index contributed by atoms with van der Waals surface area (Å²) in [7, 11) is 18.8. The Morgan fingerprint density at radius 1 is 1.20 bits per heavy atom. The molecule has 0 nitrogen and oxygen atoms in total. The standard InChI is InChI=1S/C2H8I2S6/c1-2-8-4(7)10-9-3(5)6/h5-7H,2H2,1H3. The minimum atomic E-state index is -1.15. The van der Waals surface area contributed by atoms with Crippen molar-refractivity contribution in [2.75, 3.05) is 5.75 Å². The van der Waals surface area contributed by atoms with Crippen LogP contribution in [0.15, 0.2) is 0 Å². The van der Waals surface area contributed by atoms with Gasteiger partial charge >= 0.3 is 98.3 Å². The van der Waals surface area contributed by atoms with E-state index in [0.717, 1.165) is 0 Å². The van der Waals surface area contributed by atoms with Crippen molar-refractivity contribution in [3.05, 3.63) is 0 Å². The van der Waals surface area contributed by atoms with Crippen LogP contribution in [0.3, 0.4) is 0 Å². The van der Waals surface area contributed by atoms with Crippen LogP contribution in [0.25, 0.3) is 0 Å². The van der Waals surface area contributed by atoms with Crippen LogP contribution < -0.4 is 0 Å². The van der Waals surface area contributed by atoms with Gasteiger partial charge in [-0.2, -0.15) is 0 Å². The first kappa shape index (κ1) is 13.6. The van der Waals surface area contributed by atoms with Crippen LogP contribution in [0.1, 0.15) is 6.92 Å². The zero-order valence-electron chi connectivity index (χ0n) is 5.03. The van der Waals surface area contributed by atoms with Crippen molar-refractivity contribution in [1.29, 1.82) is 0 Å². The van der Waals surface area contributed by atoms with Crippen LogP contribution in [0.5, 0.6) is 0 Å². The summed E-state index contributed by atoms with van der Waals surface area (Å²) >= 11 is -2.13. The molecule has 0 aromatic heterocycles. The number of hydrogen-bond acceptors (Lipinski definition) is 6. The predicted molar refractivity (Wildman–Crippen MR) is 88.3 cm³/mol. The van der Waals surface area contributed by atoms with E-state index in [1.54, 1.807) is 0 Å². The van der Waals surface area contributed by atoms with Crippen molar-refractivity contribution < 1.29 is 0 Å². The Kier molecular flexibility index (Phi) is 12.4. The quantitative estimate of drug-likeness (QED) is 0.275. The molecule has 0 radical (unpaired) electrons. The van der Waals surface area contributed by atoms with Gasteiger partial charge in [-0.25, -0.2) is 0 Å². The van der Waals surface area contributed by atoms with Crippen LogP contribution in [0.2, 0.25) is 0 Å². The van der Waals surface area contributed by atoms with E-state index >= 15 is 0 Å². The Hall–Kier alpha value is 3.56. The molecule has 0 aromatic rings. The summed E-state index contributed by atoms with van der Waals surface area (Å²) in [4.78, 5) is 0. The fourth-order valence-electron chi connectivity index (χ4n) is 0.153. The molecule has 0 atom stereocenters. The molecule has 0 unspecified atom stereocenters. The monoisotopic (exact) mass is 478 g/mol. The van der Waals surface area contributed by atoms with Crippen molar-refractivity contribution in [3.8, 4) is 0 Å². The minimum absolute atomic E-state index is 0.981. The number of thiol groups is 3. The van der Waals surface area contributed by atoms with E-state index in [1.165, 1.54) is 5.75 Å². The first-order chi connectivity index (χ1) is 4.66. The van der Waals surface area contributed by atoms with Gasteiger partial charge in [0.25, 0.3) is 0 Å². The predicted octanol–water partition coefficient (Wildman–Crippen LogP) is 5.41. The molecule has 66 valence electrons. The maximum atomic E-state index is 4.50. The average Bonchev–Trinajstić information content (AvgIpc) is 1.85. The molecule has 8 heteroatoms. The zero-order valence-corrected chi connectivity index (χ0v) is 14.5. The van der Waals surface area contributed by atoms with Gasteiger partial charge < -0.3 is 0 Å². The van der Waals surface area contributed by atoms with Gasteiger partial charge in [-0.05, 0) is 0 Å². The fraction of sp³-hybridized carbons (Fsp3) is 1.00. The molecule has 10 heavy (non-hydrogen) atoms. The van der Waals surface area contributed by atoms with Gasteiger partial charge in [0.2, 0.25) is 0 Å². The third-order valence-corrected chi connectivity index (χ3v) is 37.4. The molecular weight excluding hydrogens is 470 g/mol. The van der Waals surface area contributed by atoms with Crippen LogP contribution in [0.4, 0.5) is 0 Å². The van der Waals surface area contributed by atoms with E-state index in [9.17, 15) is 0 Å². The van der Waals surface area contributed by atoms with Gasteiger partial charge in [-0.1, -0.05) is 0 Å². The Morgan fingerprint density at radius 3 is 2.20 bits per heavy atom. The summed E-state index contributed by atoms with van der Waals surface area (Å²) in [6, 6.07) is 0. The van der Waals surface area contributed by atoms with Crippen molar-refractivity contribution in [2.45, 2.75) is 6.92 Å². The van der Waals surface area contributed by atoms with Crippen molar-refractivity contribution >= 4 is 85.6 Å². The van der Waals surface area contributed by atoms with Crippen molar-refractivity contribution in [1.82, 2.24) is 0 Å². The number of hydrogen-bond donors (Lipinski definition) is 3. The topological polar surface area (TPSA) is 0 Å². The van der Waals surface area contributed by atoms with E-state index in [1.807, 2.05) is 24.9 Å². The number of halogens is 2.